The Bertz CT molecular complexity index is 1520. The summed E-state index contributed by atoms with van der Waals surface area (Å²) in [6.07, 6.45) is 1.23. The molecule has 5 amide bonds. The number of imide groups is 2. The van der Waals surface area contributed by atoms with Crippen molar-refractivity contribution in [1.29, 1.82) is 0 Å². The minimum atomic E-state index is -1.04. The molecular formula is C26H19BrN4O8. The predicted molar refractivity (Wildman–Crippen MR) is 143 cm³/mol. The first-order valence-corrected chi connectivity index (χ1v) is 12.0. The van der Waals surface area contributed by atoms with E-state index in [0.29, 0.717) is 20.6 Å². The molecule has 3 aromatic rings. The van der Waals surface area contributed by atoms with Crippen molar-refractivity contribution in [3.05, 3.63) is 92.5 Å². The molecule has 1 aliphatic heterocycles. The normalized spacial score (nSPS) is 14.2. The molecule has 1 heterocycles. The fourth-order valence-corrected chi connectivity index (χ4v) is 4.20. The van der Waals surface area contributed by atoms with E-state index < -0.39 is 34.2 Å². The highest BCUT2D eigenvalue weighted by Gasteiger charge is 2.37. The van der Waals surface area contributed by atoms with E-state index in [9.17, 15) is 29.3 Å². The number of carbonyl (C=O) groups excluding carboxylic acids is 4. The number of ether oxygens (including phenoxy) is 2. The number of methoxy groups -OCH3 is 1. The Balaban J connectivity index is 1.58. The van der Waals surface area contributed by atoms with Gasteiger partial charge in [0, 0.05) is 17.8 Å². The first-order chi connectivity index (χ1) is 18.7. The number of para-hydroxylation sites is 1. The summed E-state index contributed by atoms with van der Waals surface area (Å²) in [6, 6.07) is 15.7. The van der Waals surface area contributed by atoms with Crippen LogP contribution in [0, 0.1) is 10.1 Å². The van der Waals surface area contributed by atoms with E-state index >= 15 is 0 Å². The lowest BCUT2D eigenvalue weighted by molar-refractivity contribution is -0.384. The van der Waals surface area contributed by atoms with Crippen LogP contribution in [0.4, 0.5) is 21.9 Å². The van der Waals surface area contributed by atoms with E-state index in [1.54, 1.807) is 24.3 Å². The summed E-state index contributed by atoms with van der Waals surface area (Å²) in [5.41, 5.74) is 0.114. The number of nitro benzene ring substituents is 1. The zero-order valence-electron chi connectivity index (χ0n) is 20.2. The van der Waals surface area contributed by atoms with Crippen molar-refractivity contribution >= 4 is 62.8 Å². The minimum Gasteiger partial charge on any atom is -0.493 e. The molecular weight excluding hydrogens is 576 g/mol. The van der Waals surface area contributed by atoms with Gasteiger partial charge < -0.3 is 14.8 Å². The van der Waals surface area contributed by atoms with E-state index in [4.69, 9.17) is 9.47 Å². The molecule has 1 fully saturated rings. The summed E-state index contributed by atoms with van der Waals surface area (Å²) in [6.45, 7) is -0.328. The quantitative estimate of drug-likeness (QED) is 0.171. The van der Waals surface area contributed by atoms with Crippen LogP contribution in [0.3, 0.4) is 0 Å². The fraction of sp³-hybridized carbons (Fsp3) is 0.0769. The van der Waals surface area contributed by atoms with Gasteiger partial charge in [0.25, 0.3) is 23.4 Å². The van der Waals surface area contributed by atoms with Crippen molar-refractivity contribution in [2.75, 3.05) is 23.9 Å². The summed E-state index contributed by atoms with van der Waals surface area (Å²) in [4.78, 5) is 61.5. The lowest BCUT2D eigenvalue weighted by Gasteiger charge is -2.26. The molecule has 0 aromatic heterocycles. The van der Waals surface area contributed by atoms with Gasteiger partial charge >= 0.3 is 6.03 Å². The van der Waals surface area contributed by atoms with Crippen LogP contribution in [0.1, 0.15) is 5.56 Å². The summed E-state index contributed by atoms with van der Waals surface area (Å²) >= 11 is 3.35. The second kappa shape index (κ2) is 11.6. The smallest absolute Gasteiger partial charge is 0.335 e. The largest absolute Gasteiger partial charge is 0.493 e. The van der Waals surface area contributed by atoms with Crippen molar-refractivity contribution in [3.63, 3.8) is 0 Å². The molecule has 0 radical (unpaired) electrons. The van der Waals surface area contributed by atoms with Crippen LogP contribution in [0.5, 0.6) is 11.5 Å². The Morgan fingerprint density at radius 1 is 1.10 bits per heavy atom. The maximum absolute atomic E-state index is 13.2. The Kier molecular flexibility index (Phi) is 8.01. The molecule has 0 atom stereocenters. The van der Waals surface area contributed by atoms with E-state index in [1.165, 1.54) is 43.5 Å². The van der Waals surface area contributed by atoms with Crippen LogP contribution < -0.4 is 25.0 Å². The highest BCUT2D eigenvalue weighted by atomic mass is 79.9. The average molecular weight is 595 g/mol. The third-order valence-corrected chi connectivity index (χ3v) is 5.96. The van der Waals surface area contributed by atoms with Crippen molar-refractivity contribution < 1.29 is 33.6 Å². The van der Waals surface area contributed by atoms with Gasteiger partial charge in [-0.05, 0) is 57.9 Å². The molecule has 39 heavy (non-hydrogen) atoms. The molecule has 198 valence electrons. The molecule has 1 aliphatic rings. The molecule has 0 spiro atoms. The topological polar surface area (TPSA) is 157 Å². The lowest BCUT2D eigenvalue weighted by atomic mass is 10.1. The van der Waals surface area contributed by atoms with Crippen LogP contribution in [0.2, 0.25) is 0 Å². The van der Waals surface area contributed by atoms with E-state index in [1.807, 2.05) is 6.07 Å². The number of anilines is 2. The van der Waals surface area contributed by atoms with Gasteiger partial charge in [-0.1, -0.05) is 24.3 Å². The molecule has 0 bridgehead atoms. The number of benzene rings is 3. The number of amides is 5. The fourth-order valence-electron chi connectivity index (χ4n) is 3.62. The monoisotopic (exact) mass is 594 g/mol. The number of non-ortho nitro benzene ring substituents is 1. The third kappa shape index (κ3) is 6.10. The summed E-state index contributed by atoms with van der Waals surface area (Å²) in [5.74, 6) is -1.93. The van der Waals surface area contributed by atoms with Crippen molar-refractivity contribution in [2.45, 2.75) is 0 Å². The molecule has 0 aliphatic carbocycles. The van der Waals surface area contributed by atoms with Crippen LogP contribution in [0.25, 0.3) is 6.08 Å². The summed E-state index contributed by atoms with van der Waals surface area (Å²) in [7, 11) is 1.37. The molecule has 0 unspecified atom stereocenters. The molecule has 12 nitrogen and oxygen atoms in total. The van der Waals surface area contributed by atoms with E-state index in [2.05, 4.69) is 26.6 Å². The predicted octanol–water partition coefficient (Wildman–Crippen LogP) is 4.05. The van der Waals surface area contributed by atoms with Gasteiger partial charge in [-0.2, -0.15) is 0 Å². The first kappa shape index (κ1) is 27.0. The van der Waals surface area contributed by atoms with Crippen molar-refractivity contribution in [2.24, 2.45) is 0 Å². The number of nitrogens with zero attached hydrogens (tertiary/aromatic N) is 2. The number of carbonyl (C=O) groups is 4. The summed E-state index contributed by atoms with van der Waals surface area (Å²) < 4.78 is 11.4. The van der Waals surface area contributed by atoms with Gasteiger partial charge in [0.2, 0.25) is 0 Å². The van der Waals surface area contributed by atoms with Gasteiger partial charge in [-0.25, -0.2) is 9.69 Å². The standard InChI is InChI=1S/C26H19BrN4O8/c1-38-21-12-15(11-20(27)23(21)39-14-22(32)28-16-6-3-2-4-7-16)10-19-24(33)29-26(35)30(25(19)34)17-8-5-9-18(13-17)31(36)37/h2-13H,14H2,1H3,(H,28,32)(H,29,33,35)/b19-10+. The number of hydrogen-bond acceptors (Lipinski definition) is 8. The molecule has 2 N–H and O–H groups in total. The second-order valence-electron chi connectivity index (χ2n) is 7.97. The Labute approximate surface area is 229 Å². The zero-order chi connectivity index (χ0) is 28.1. The number of nitrogens with one attached hydrogen (secondary N) is 2. The maximum atomic E-state index is 13.2. The SMILES string of the molecule is COc1cc(/C=C2\C(=O)NC(=O)N(c3cccc([N+](=O)[O-])c3)C2=O)cc(Br)c1OCC(=O)Nc1ccccc1. The van der Waals surface area contributed by atoms with Crippen LogP contribution in [-0.4, -0.2) is 42.4 Å². The highest BCUT2D eigenvalue weighted by molar-refractivity contribution is 9.10. The molecule has 13 heteroatoms. The number of halogens is 1. The molecule has 1 saturated heterocycles. The Morgan fingerprint density at radius 2 is 1.85 bits per heavy atom. The van der Waals surface area contributed by atoms with Gasteiger partial charge in [-0.3, -0.25) is 29.8 Å². The van der Waals surface area contributed by atoms with Gasteiger partial charge in [0.1, 0.15) is 5.57 Å². The van der Waals surface area contributed by atoms with E-state index in [-0.39, 0.29) is 29.5 Å². The Hall–Kier alpha value is -5.04. The first-order valence-electron chi connectivity index (χ1n) is 11.2. The van der Waals surface area contributed by atoms with Crippen molar-refractivity contribution in [3.8, 4) is 11.5 Å². The maximum Gasteiger partial charge on any atom is 0.335 e. The lowest BCUT2D eigenvalue weighted by Crippen LogP contribution is -2.54. The van der Waals surface area contributed by atoms with Gasteiger partial charge in [0.05, 0.1) is 22.2 Å². The van der Waals surface area contributed by atoms with Gasteiger partial charge in [-0.15, -0.1) is 0 Å². The van der Waals surface area contributed by atoms with Crippen molar-refractivity contribution in [1.82, 2.24) is 5.32 Å². The van der Waals surface area contributed by atoms with Gasteiger partial charge in [0.15, 0.2) is 18.1 Å². The Morgan fingerprint density at radius 3 is 2.54 bits per heavy atom. The zero-order valence-corrected chi connectivity index (χ0v) is 21.8. The molecule has 0 saturated carbocycles. The number of hydrogen-bond donors (Lipinski definition) is 2. The second-order valence-corrected chi connectivity index (χ2v) is 8.83. The van der Waals surface area contributed by atoms with Crippen LogP contribution >= 0.6 is 15.9 Å². The average Bonchev–Trinajstić information content (AvgIpc) is 2.90. The minimum absolute atomic E-state index is 0.0820. The molecule has 4 rings (SSSR count). The molecule has 3 aromatic carbocycles. The van der Waals surface area contributed by atoms with E-state index in [0.717, 1.165) is 6.07 Å². The highest BCUT2D eigenvalue weighted by Crippen LogP contribution is 2.37. The third-order valence-electron chi connectivity index (χ3n) is 5.37. The van der Waals surface area contributed by atoms with Crippen LogP contribution in [0.15, 0.2) is 76.8 Å². The van der Waals surface area contributed by atoms with Crippen LogP contribution in [-0.2, 0) is 14.4 Å². The number of barbiturate groups is 1. The number of nitro groups is 1. The summed E-state index contributed by atoms with van der Waals surface area (Å²) in [5, 5.41) is 15.9. The number of rotatable bonds is 8. The number of urea groups is 1.